The molecule has 24 heavy (non-hydrogen) atoms. The molecule has 7 heteroatoms. The predicted octanol–water partition coefficient (Wildman–Crippen LogP) is 2.86. The molecule has 0 aliphatic carbocycles. The number of carbonyl (C=O) groups is 1. The number of ether oxygens (including phenoxy) is 2. The van der Waals surface area contributed by atoms with E-state index in [0.717, 1.165) is 29.8 Å². The number of aromatic nitrogens is 3. The van der Waals surface area contributed by atoms with Gasteiger partial charge in [0.25, 0.3) is 0 Å². The summed E-state index contributed by atoms with van der Waals surface area (Å²) in [5, 5.41) is 13.3. The zero-order valence-corrected chi connectivity index (χ0v) is 14.2. The van der Waals surface area contributed by atoms with Gasteiger partial charge in [0.15, 0.2) is 6.10 Å². The number of carboxylic acids is 1. The molecule has 0 fully saturated rings. The highest BCUT2D eigenvalue weighted by molar-refractivity contribution is 5.72. The van der Waals surface area contributed by atoms with Gasteiger partial charge in [-0.05, 0) is 31.4 Å². The van der Waals surface area contributed by atoms with E-state index in [2.05, 4.69) is 17.0 Å². The van der Waals surface area contributed by atoms with Gasteiger partial charge in [0.05, 0.1) is 12.3 Å². The lowest BCUT2D eigenvalue weighted by Crippen LogP contribution is -2.26. The first-order valence-corrected chi connectivity index (χ1v) is 8.16. The van der Waals surface area contributed by atoms with Crippen molar-refractivity contribution in [1.29, 1.82) is 0 Å². The Morgan fingerprint density at radius 2 is 2.12 bits per heavy atom. The lowest BCUT2D eigenvalue weighted by atomic mass is 10.1. The first-order chi connectivity index (χ1) is 11.6. The van der Waals surface area contributed by atoms with Crippen LogP contribution in [0.3, 0.4) is 0 Å². The monoisotopic (exact) mass is 333 g/mol. The summed E-state index contributed by atoms with van der Waals surface area (Å²) in [6.07, 6.45) is 2.80. The second kappa shape index (κ2) is 8.33. The van der Waals surface area contributed by atoms with Gasteiger partial charge in [-0.15, -0.1) is 5.10 Å². The Hall–Kier alpha value is -2.57. The normalized spacial score (nSPS) is 12.0. The van der Waals surface area contributed by atoms with Crippen LogP contribution in [-0.2, 0) is 11.2 Å². The molecule has 130 valence electrons. The molecule has 0 aliphatic rings. The number of aliphatic carboxylic acids is 1. The Labute approximate surface area is 141 Å². The van der Waals surface area contributed by atoms with Crippen LogP contribution in [0, 0.1) is 0 Å². The summed E-state index contributed by atoms with van der Waals surface area (Å²) < 4.78 is 12.5. The Balaban J connectivity index is 2.30. The molecule has 0 spiro atoms. The fourth-order valence-electron chi connectivity index (χ4n) is 2.35. The molecule has 0 saturated heterocycles. The summed E-state index contributed by atoms with van der Waals surface area (Å²) >= 11 is 0. The smallest absolute Gasteiger partial charge is 0.345 e. The fourth-order valence-corrected chi connectivity index (χ4v) is 2.35. The number of aryl methyl sites for hydroxylation is 1. The molecule has 7 nitrogen and oxygen atoms in total. The topological polar surface area (TPSA) is 86.5 Å². The Morgan fingerprint density at radius 1 is 1.33 bits per heavy atom. The third kappa shape index (κ3) is 4.24. The van der Waals surface area contributed by atoms with Crippen molar-refractivity contribution in [2.75, 3.05) is 6.61 Å². The largest absolute Gasteiger partial charge is 0.494 e. The van der Waals surface area contributed by atoms with Crippen molar-refractivity contribution in [3.8, 4) is 17.4 Å². The zero-order chi connectivity index (χ0) is 17.5. The molecular weight excluding hydrogens is 310 g/mol. The Morgan fingerprint density at radius 3 is 2.75 bits per heavy atom. The molecular formula is C17H23N3O4. The number of carboxylic acid groups (broad SMARTS) is 1. The zero-order valence-electron chi connectivity index (χ0n) is 14.2. The van der Waals surface area contributed by atoms with E-state index in [1.807, 2.05) is 25.1 Å². The van der Waals surface area contributed by atoms with Crippen molar-refractivity contribution in [3.05, 3.63) is 30.1 Å². The van der Waals surface area contributed by atoms with Crippen LogP contribution in [0.15, 0.2) is 24.5 Å². The molecule has 1 aromatic heterocycles. The Bertz CT molecular complexity index is 684. The molecule has 0 radical (unpaired) electrons. The van der Waals surface area contributed by atoms with Crippen molar-refractivity contribution in [1.82, 2.24) is 14.8 Å². The van der Waals surface area contributed by atoms with E-state index in [-0.39, 0.29) is 6.01 Å². The van der Waals surface area contributed by atoms with Gasteiger partial charge in [-0.3, -0.25) is 0 Å². The van der Waals surface area contributed by atoms with Gasteiger partial charge >= 0.3 is 12.0 Å². The van der Waals surface area contributed by atoms with Gasteiger partial charge in [-0.2, -0.15) is 4.98 Å². The van der Waals surface area contributed by atoms with Crippen LogP contribution < -0.4 is 9.47 Å². The van der Waals surface area contributed by atoms with Crippen molar-refractivity contribution in [2.45, 2.75) is 46.1 Å². The minimum Gasteiger partial charge on any atom is -0.494 e. The van der Waals surface area contributed by atoms with E-state index in [1.54, 1.807) is 11.6 Å². The Kier molecular flexibility index (Phi) is 6.17. The van der Waals surface area contributed by atoms with Crippen LogP contribution >= 0.6 is 0 Å². The quantitative estimate of drug-likeness (QED) is 0.759. The highest BCUT2D eigenvalue weighted by atomic mass is 16.5. The van der Waals surface area contributed by atoms with Crippen LogP contribution in [0.25, 0.3) is 5.69 Å². The number of hydrogen-bond acceptors (Lipinski definition) is 5. The van der Waals surface area contributed by atoms with Gasteiger partial charge < -0.3 is 14.6 Å². The van der Waals surface area contributed by atoms with Crippen LogP contribution in [-0.4, -0.2) is 38.6 Å². The molecule has 2 aromatic rings. The standard InChI is InChI=1S/C17H23N3O4/c1-4-7-12-8-9-13(23-6-3)10-14(12)20-11-18-17(19-20)24-15(5-2)16(21)22/h8-11,15H,4-7H2,1-3H3,(H,21,22). The lowest BCUT2D eigenvalue weighted by Gasteiger charge is -2.11. The summed E-state index contributed by atoms with van der Waals surface area (Å²) in [5.41, 5.74) is 1.97. The third-order valence-electron chi connectivity index (χ3n) is 3.50. The summed E-state index contributed by atoms with van der Waals surface area (Å²) in [6, 6.07) is 5.90. The van der Waals surface area contributed by atoms with E-state index in [4.69, 9.17) is 14.6 Å². The summed E-state index contributed by atoms with van der Waals surface area (Å²) in [6.45, 7) is 6.35. The van der Waals surface area contributed by atoms with E-state index in [1.165, 1.54) is 6.33 Å². The molecule has 0 bridgehead atoms. The van der Waals surface area contributed by atoms with Gasteiger partial charge in [-0.1, -0.05) is 26.3 Å². The van der Waals surface area contributed by atoms with Crippen LogP contribution in [0.4, 0.5) is 0 Å². The average Bonchev–Trinajstić information content (AvgIpc) is 3.02. The summed E-state index contributed by atoms with van der Waals surface area (Å²) in [4.78, 5) is 15.1. The van der Waals surface area contributed by atoms with Gasteiger partial charge in [0, 0.05) is 6.07 Å². The van der Waals surface area contributed by atoms with Crippen molar-refractivity contribution >= 4 is 5.97 Å². The third-order valence-corrected chi connectivity index (χ3v) is 3.50. The molecule has 1 unspecified atom stereocenters. The second-order valence-corrected chi connectivity index (χ2v) is 5.30. The van der Waals surface area contributed by atoms with Crippen LogP contribution in [0.1, 0.15) is 39.2 Å². The van der Waals surface area contributed by atoms with E-state index in [9.17, 15) is 4.79 Å². The molecule has 1 aromatic carbocycles. The molecule has 0 saturated carbocycles. The van der Waals surface area contributed by atoms with Crippen molar-refractivity contribution in [3.63, 3.8) is 0 Å². The first kappa shape index (κ1) is 17.8. The highest BCUT2D eigenvalue weighted by Gasteiger charge is 2.19. The molecule has 1 atom stereocenters. The lowest BCUT2D eigenvalue weighted by molar-refractivity contribution is -0.145. The molecule has 1 N–H and O–H groups in total. The van der Waals surface area contributed by atoms with E-state index >= 15 is 0 Å². The fraction of sp³-hybridized carbons (Fsp3) is 0.471. The average molecular weight is 333 g/mol. The minimum absolute atomic E-state index is 0.0495. The highest BCUT2D eigenvalue weighted by Crippen LogP contribution is 2.23. The summed E-state index contributed by atoms with van der Waals surface area (Å²) in [5.74, 6) is -0.277. The number of hydrogen-bond donors (Lipinski definition) is 1. The second-order valence-electron chi connectivity index (χ2n) is 5.30. The van der Waals surface area contributed by atoms with Crippen LogP contribution in [0.2, 0.25) is 0 Å². The maximum absolute atomic E-state index is 11.1. The van der Waals surface area contributed by atoms with Gasteiger partial charge in [-0.25, -0.2) is 9.48 Å². The molecule has 1 heterocycles. The molecule has 0 amide bonds. The van der Waals surface area contributed by atoms with Gasteiger partial charge in [0.1, 0.15) is 12.1 Å². The molecule has 0 aliphatic heterocycles. The number of rotatable bonds is 9. The SMILES string of the molecule is CCCc1ccc(OCC)cc1-n1cnc(OC(CC)C(=O)O)n1. The molecule has 2 rings (SSSR count). The maximum Gasteiger partial charge on any atom is 0.345 e. The first-order valence-electron chi connectivity index (χ1n) is 8.16. The van der Waals surface area contributed by atoms with Crippen LogP contribution in [0.5, 0.6) is 11.8 Å². The summed E-state index contributed by atoms with van der Waals surface area (Å²) in [7, 11) is 0. The van der Waals surface area contributed by atoms with Crippen molar-refractivity contribution < 1.29 is 19.4 Å². The van der Waals surface area contributed by atoms with Crippen molar-refractivity contribution in [2.24, 2.45) is 0 Å². The predicted molar refractivity (Wildman–Crippen MR) is 88.9 cm³/mol. The van der Waals surface area contributed by atoms with E-state index < -0.39 is 12.1 Å². The number of benzene rings is 1. The maximum atomic E-state index is 11.1. The number of nitrogens with zero attached hydrogens (tertiary/aromatic N) is 3. The van der Waals surface area contributed by atoms with E-state index in [0.29, 0.717) is 13.0 Å². The van der Waals surface area contributed by atoms with Gasteiger partial charge in [0.2, 0.25) is 0 Å². The minimum atomic E-state index is -1.03.